The molecule has 1 amide bonds. The van der Waals surface area contributed by atoms with Gasteiger partial charge in [0.1, 0.15) is 16.8 Å². The number of carbonyl (C=O) groups is 1. The highest BCUT2D eigenvalue weighted by Crippen LogP contribution is 2.18. The predicted octanol–water partition coefficient (Wildman–Crippen LogP) is 3.11. The maximum absolute atomic E-state index is 13.4. The van der Waals surface area contributed by atoms with Gasteiger partial charge in [0.25, 0.3) is 11.5 Å². The lowest BCUT2D eigenvalue weighted by atomic mass is 10.1. The van der Waals surface area contributed by atoms with E-state index in [-0.39, 0.29) is 28.8 Å². The van der Waals surface area contributed by atoms with Crippen molar-refractivity contribution < 1.29 is 9.53 Å². The van der Waals surface area contributed by atoms with Crippen molar-refractivity contribution in [2.45, 2.75) is 45.4 Å². The molecule has 0 aliphatic carbocycles. The Hall–Kier alpha value is -3.78. The van der Waals surface area contributed by atoms with Crippen LogP contribution >= 0.6 is 0 Å². The number of rotatable bonds is 5. The fourth-order valence-electron chi connectivity index (χ4n) is 4.49. The normalized spacial score (nSPS) is 16.7. The van der Waals surface area contributed by atoms with Crippen LogP contribution in [0.4, 0.5) is 0 Å². The average molecular weight is 458 g/mol. The van der Waals surface area contributed by atoms with Crippen molar-refractivity contribution in [2.24, 2.45) is 0 Å². The van der Waals surface area contributed by atoms with Crippen molar-refractivity contribution in [3.05, 3.63) is 87.3 Å². The van der Waals surface area contributed by atoms with Crippen LogP contribution in [-0.4, -0.2) is 32.6 Å². The van der Waals surface area contributed by atoms with Gasteiger partial charge in [-0.2, -0.15) is 0 Å². The molecule has 0 saturated carbocycles. The Morgan fingerprint density at radius 3 is 2.79 bits per heavy atom. The predicted molar refractivity (Wildman–Crippen MR) is 129 cm³/mol. The zero-order valence-corrected chi connectivity index (χ0v) is 19.2. The summed E-state index contributed by atoms with van der Waals surface area (Å²) < 4.78 is 8.94. The van der Waals surface area contributed by atoms with Gasteiger partial charge in [0.05, 0.1) is 29.6 Å². The average Bonchev–Trinajstić information content (AvgIpc) is 3.35. The molecule has 1 aliphatic heterocycles. The number of benzene rings is 1. The second-order valence-electron chi connectivity index (χ2n) is 8.85. The fourth-order valence-corrected chi connectivity index (χ4v) is 4.49. The molecule has 0 unspecified atom stereocenters. The molecule has 34 heavy (non-hydrogen) atoms. The number of amides is 1. The molecule has 4 heterocycles. The van der Waals surface area contributed by atoms with Crippen molar-refractivity contribution in [2.75, 3.05) is 6.61 Å². The van der Waals surface area contributed by atoms with Crippen LogP contribution in [0, 0.1) is 12.3 Å². The van der Waals surface area contributed by atoms with Crippen LogP contribution in [0.2, 0.25) is 0 Å². The second kappa shape index (κ2) is 8.87. The van der Waals surface area contributed by atoms with Gasteiger partial charge in [0, 0.05) is 12.8 Å². The number of fused-ring (bicyclic) bond motifs is 2. The molecule has 8 heteroatoms. The zero-order chi connectivity index (χ0) is 23.8. The number of pyridine rings is 2. The molecular weight excluding hydrogens is 430 g/mol. The van der Waals surface area contributed by atoms with Crippen molar-refractivity contribution in [1.29, 1.82) is 5.41 Å². The van der Waals surface area contributed by atoms with Crippen LogP contribution < -0.4 is 16.4 Å². The van der Waals surface area contributed by atoms with Crippen LogP contribution in [-0.2, 0) is 11.3 Å². The first-order chi connectivity index (χ1) is 16.4. The number of aryl methyl sites for hydroxylation is 1. The summed E-state index contributed by atoms with van der Waals surface area (Å²) in [5.41, 5.74) is 2.66. The van der Waals surface area contributed by atoms with Gasteiger partial charge in [-0.1, -0.05) is 36.4 Å². The molecule has 5 rings (SSSR count). The van der Waals surface area contributed by atoms with Crippen LogP contribution in [0.1, 0.15) is 47.3 Å². The lowest BCUT2D eigenvalue weighted by Crippen LogP contribution is -2.37. The highest BCUT2D eigenvalue weighted by atomic mass is 16.5. The van der Waals surface area contributed by atoms with Gasteiger partial charge in [-0.15, -0.1) is 0 Å². The minimum Gasteiger partial charge on any atom is -0.376 e. The first kappa shape index (κ1) is 22.0. The number of aromatic nitrogens is 3. The summed E-state index contributed by atoms with van der Waals surface area (Å²) in [6, 6.07) is 14.6. The molecule has 2 atom stereocenters. The minimum atomic E-state index is -0.405. The number of nitrogens with one attached hydrogen (secondary N) is 2. The summed E-state index contributed by atoms with van der Waals surface area (Å²) in [7, 11) is 0. The van der Waals surface area contributed by atoms with E-state index in [0.29, 0.717) is 29.8 Å². The zero-order valence-electron chi connectivity index (χ0n) is 19.2. The summed E-state index contributed by atoms with van der Waals surface area (Å²) in [5, 5.41) is 12.2. The van der Waals surface area contributed by atoms with Gasteiger partial charge in [0.2, 0.25) is 0 Å². The summed E-state index contributed by atoms with van der Waals surface area (Å²) in [4.78, 5) is 31.5. The van der Waals surface area contributed by atoms with Gasteiger partial charge in [-0.3, -0.25) is 19.4 Å². The van der Waals surface area contributed by atoms with Crippen LogP contribution in [0.15, 0.2) is 59.5 Å². The van der Waals surface area contributed by atoms with Gasteiger partial charge in [-0.05, 0) is 49.9 Å². The maximum atomic E-state index is 13.4. The Morgan fingerprint density at radius 1 is 1.26 bits per heavy atom. The molecule has 0 radical (unpaired) electrons. The number of nitrogens with zero attached hydrogens (tertiary/aromatic N) is 3. The van der Waals surface area contributed by atoms with Gasteiger partial charge < -0.3 is 14.6 Å². The molecule has 3 aromatic heterocycles. The summed E-state index contributed by atoms with van der Waals surface area (Å²) in [5.74, 6) is -0.405. The molecule has 1 saturated heterocycles. The maximum Gasteiger partial charge on any atom is 0.267 e. The van der Waals surface area contributed by atoms with E-state index in [1.165, 1.54) is 10.5 Å². The third-order valence-electron chi connectivity index (χ3n) is 6.36. The highest BCUT2D eigenvalue weighted by molar-refractivity contribution is 5.97. The van der Waals surface area contributed by atoms with E-state index in [1.54, 1.807) is 16.8 Å². The second-order valence-corrected chi connectivity index (χ2v) is 8.85. The van der Waals surface area contributed by atoms with Gasteiger partial charge >= 0.3 is 0 Å². The Kier molecular flexibility index (Phi) is 5.75. The molecule has 2 N–H and O–H groups in total. The number of hydrogen-bond donors (Lipinski definition) is 2. The lowest BCUT2D eigenvalue weighted by molar-refractivity contribution is 0.0923. The molecule has 8 nitrogen and oxygen atoms in total. The quantitative estimate of drug-likeness (QED) is 0.450. The standard InChI is InChI=1S/C26H27N5O3/c1-16-10-11-22-29-24-21(26(33)30(22)14-16)13-20(23(27)31(24)15-19-9-6-12-34-19)25(32)28-17(2)18-7-4-3-5-8-18/h3-5,7-8,10-11,13-14,17,19,27H,6,9,12,15H2,1-2H3,(H,28,32)/t17-,19+/m0/s1. The number of hydrogen-bond acceptors (Lipinski definition) is 5. The van der Waals surface area contributed by atoms with E-state index in [1.807, 2.05) is 50.2 Å². The Morgan fingerprint density at radius 2 is 2.06 bits per heavy atom. The smallest absolute Gasteiger partial charge is 0.267 e. The van der Waals surface area contributed by atoms with Crippen molar-refractivity contribution in [3.8, 4) is 0 Å². The molecule has 0 bridgehead atoms. The van der Waals surface area contributed by atoms with Crippen molar-refractivity contribution in [3.63, 3.8) is 0 Å². The minimum absolute atomic E-state index is 0.0177. The van der Waals surface area contributed by atoms with E-state index >= 15 is 0 Å². The van der Waals surface area contributed by atoms with E-state index in [2.05, 4.69) is 5.32 Å². The lowest BCUT2D eigenvalue weighted by Gasteiger charge is -2.19. The van der Waals surface area contributed by atoms with Gasteiger partial charge in [-0.25, -0.2) is 4.98 Å². The summed E-state index contributed by atoms with van der Waals surface area (Å²) >= 11 is 0. The SMILES string of the molecule is Cc1ccc2nc3c(cc(C(=O)N[C@@H](C)c4ccccc4)c(=N)n3C[C@H]3CCCO3)c(=O)n2c1. The molecule has 4 aromatic rings. The van der Waals surface area contributed by atoms with E-state index in [9.17, 15) is 9.59 Å². The topological polar surface area (TPSA) is 101 Å². The monoisotopic (exact) mass is 457 g/mol. The van der Waals surface area contributed by atoms with Crippen LogP contribution in [0.25, 0.3) is 16.7 Å². The molecular formula is C26H27N5O3. The van der Waals surface area contributed by atoms with E-state index in [4.69, 9.17) is 15.1 Å². The highest BCUT2D eigenvalue weighted by Gasteiger charge is 2.23. The van der Waals surface area contributed by atoms with Crippen LogP contribution in [0.3, 0.4) is 0 Å². The molecule has 0 spiro atoms. The fraction of sp³-hybridized carbons (Fsp3) is 0.308. The Labute approximate surface area is 196 Å². The third kappa shape index (κ3) is 4.01. The van der Waals surface area contributed by atoms with Crippen molar-refractivity contribution in [1.82, 2.24) is 19.3 Å². The molecule has 174 valence electrons. The number of ether oxygens (including phenoxy) is 1. The van der Waals surface area contributed by atoms with Crippen LogP contribution in [0.5, 0.6) is 0 Å². The van der Waals surface area contributed by atoms with E-state index in [0.717, 1.165) is 24.0 Å². The molecule has 1 aliphatic rings. The first-order valence-electron chi connectivity index (χ1n) is 11.5. The van der Waals surface area contributed by atoms with Gasteiger partial charge in [0.15, 0.2) is 0 Å². The largest absolute Gasteiger partial charge is 0.376 e. The summed E-state index contributed by atoms with van der Waals surface area (Å²) in [6.07, 6.45) is 3.46. The molecule has 1 aromatic carbocycles. The summed E-state index contributed by atoms with van der Waals surface area (Å²) in [6.45, 7) is 4.83. The number of carbonyl (C=O) groups excluding carboxylic acids is 1. The Balaban J connectivity index is 1.66. The Bertz CT molecular complexity index is 1500. The third-order valence-corrected chi connectivity index (χ3v) is 6.36. The van der Waals surface area contributed by atoms with E-state index < -0.39 is 5.91 Å². The first-order valence-corrected chi connectivity index (χ1v) is 11.5. The molecule has 1 fully saturated rings. The van der Waals surface area contributed by atoms with Crippen molar-refractivity contribution >= 4 is 22.6 Å².